The number of aryl methyl sites for hydroxylation is 1. The van der Waals surface area contributed by atoms with Crippen molar-refractivity contribution in [1.29, 1.82) is 0 Å². The molecule has 0 aliphatic carbocycles. The van der Waals surface area contributed by atoms with Gasteiger partial charge in [-0.15, -0.1) is 0 Å². The van der Waals surface area contributed by atoms with Crippen molar-refractivity contribution in [2.75, 3.05) is 0 Å². The molecule has 3 aromatic carbocycles. The second kappa shape index (κ2) is 5.86. The Morgan fingerprint density at radius 3 is 2.19 bits per heavy atom. The predicted molar refractivity (Wildman–Crippen MR) is 96.0 cm³/mol. The largest absolute Gasteiger partial charge is 0.0809 e. The molecule has 0 radical (unpaired) electrons. The Morgan fingerprint density at radius 2 is 1.38 bits per heavy atom. The van der Waals surface area contributed by atoms with Crippen LogP contribution in [0.1, 0.15) is 5.56 Å². The highest BCUT2D eigenvalue weighted by atomic mass is 28.3. The summed E-state index contributed by atoms with van der Waals surface area (Å²) < 4.78 is 0. The molecule has 0 atom stereocenters. The monoisotopic (exact) mass is 290 g/mol. The van der Waals surface area contributed by atoms with Crippen LogP contribution in [0, 0.1) is 0 Å². The molecule has 0 amide bonds. The summed E-state index contributed by atoms with van der Waals surface area (Å²) in [5, 5.41) is 4.33. The first-order valence-electron chi connectivity index (χ1n) is 7.69. The minimum atomic E-state index is -1.35. The molecule has 0 unspecified atom stereocenters. The molecule has 0 bridgehead atoms. The molecule has 3 aromatic rings. The number of fused-ring (bicyclic) bond motifs is 1. The van der Waals surface area contributed by atoms with E-state index in [-0.39, 0.29) is 0 Å². The van der Waals surface area contributed by atoms with Crippen LogP contribution in [-0.2, 0) is 6.42 Å². The van der Waals surface area contributed by atoms with Crippen molar-refractivity contribution in [3.63, 3.8) is 0 Å². The molecule has 0 aliphatic rings. The van der Waals surface area contributed by atoms with Gasteiger partial charge in [-0.1, -0.05) is 91.1 Å². The van der Waals surface area contributed by atoms with E-state index in [1.807, 2.05) is 0 Å². The van der Waals surface area contributed by atoms with Crippen LogP contribution in [0.4, 0.5) is 0 Å². The first kappa shape index (κ1) is 14.1. The molecule has 0 N–H and O–H groups in total. The van der Waals surface area contributed by atoms with E-state index in [1.165, 1.54) is 28.8 Å². The first-order chi connectivity index (χ1) is 10.2. The van der Waals surface area contributed by atoms with Crippen LogP contribution in [0.25, 0.3) is 10.8 Å². The Kier molecular flexibility index (Phi) is 3.93. The minimum absolute atomic E-state index is 1.18. The fraction of sp³-hybridized carbons (Fsp3) is 0.200. The van der Waals surface area contributed by atoms with E-state index in [4.69, 9.17) is 0 Å². The Labute approximate surface area is 128 Å². The number of hydrogen-bond donors (Lipinski definition) is 0. The smallest absolute Gasteiger partial charge is 0.0654 e. The fourth-order valence-electron chi connectivity index (χ4n) is 2.99. The Bertz CT molecular complexity index is 724. The SMILES string of the molecule is C[Si](C)(CCc1cccc2ccccc12)c1ccccc1. The highest BCUT2D eigenvalue weighted by molar-refractivity contribution is 6.89. The van der Waals surface area contributed by atoms with Gasteiger partial charge in [0.15, 0.2) is 0 Å². The molecule has 0 heterocycles. The van der Waals surface area contributed by atoms with E-state index in [0.29, 0.717) is 0 Å². The van der Waals surface area contributed by atoms with E-state index in [9.17, 15) is 0 Å². The van der Waals surface area contributed by atoms with Gasteiger partial charge in [-0.05, 0) is 28.8 Å². The van der Waals surface area contributed by atoms with E-state index < -0.39 is 8.07 Å². The molecule has 106 valence electrons. The van der Waals surface area contributed by atoms with Gasteiger partial charge in [0, 0.05) is 0 Å². The summed E-state index contributed by atoms with van der Waals surface area (Å²) in [7, 11) is -1.35. The fourth-order valence-corrected chi connectivity index (χ4v) is 5.27. The van der Waals surface area contributed by atoms with Gasteiger partial charge < -0.3 is 0 Å². The van der Waals surface area contributed by atoms with Crippen molar-refractivity contribution in [1.82, 2.24) is 0 Å². The number of hydrogen-bond acceptors (Lipinski definition) is 0. The van der Waals surface area contributed by atoms with Crippen LogP contribution in [0.15, 0.2) is 72.8 Å². The molecule has 0 fully saturated rings. The van der Waals surface area contributed by atoms with Gasteiger partial charge in [0.1, 0.15) is 0 Å². The molecular weight excluding hydrogens is 268 g/mol. The van der Waals surface area contributed by atoms with Crippen LogP contribution in [0.5, 0.6) is 0 Å². The Morgan fingerprint density at radius 1 is 0.714 bits per heavy atom. The van der Waals surface area contributed by atoms with Crippen LogP contribution in [0.2, 0.25) is 19.1 Å². The number of benzene rings is 3. The summed E-state index contributed by atoms with van der Waals surface area (Å²) in [6.07, 6.45) is 1.18. The highest BCUT2D eigenvalue weighted by Crippen LogP contribution is 2.22. The molecule has 0 saturated carbocycles. The van der Waals surface area contributed by atoms with E-state index in [2.05, 4.69) is 85.9 Å². The van der Waals surface area contributed by atoms with Gasteiger partial charge in [0.25, 0.3) is 0 Å². The molecule has 0 aliphatic heterocycles. The van der Waals surface area contributed by atoms with Crippen molar-refractivity contribution >= 4 is 24.0 Å². The predicted octanol–water partition coefficient (Wildman–Crippen LogP) is 5.00. The van der Waals surface area contributed by atoms with E-state index in [1.54, 1.807) is 5.19 Å². The third kappa shape index (κ3) is 3.08. The van der Waals surface area contributed by atoms with Crippen molar-refractivity contribution in [3.8, 4) is 0 Å². The molecule has 0 aromatic heterocycles. The summed E-state index contributed by atoms with van der Waals surface area (Å²) in [5.41, 5.74) is 1.49. The van der Waals surface area contributed by atoms with Gasteiger partial charge in [0.2, 0.25) is 0 Å². The standard InChI is InChI=1S/C20H22Si/c1-21(2,19-12-4-3-5-13-19)16-15-18-11-8-10-17-9-6-7-14-20(17)18/h3-14H,15-16H2,1-2H3. The van der Waals surface area contributed by atoms with Gasteiger partial charge >= 0.3 is 0 Å². The average Bonchev–Trinajstić information content (AvgIpc) is 2.54. The molecule has 0 spiro atoms. The zero-order valence-electron chi connectivity index (χ0n) is 12.8. The maximum atomic E-state index is 2.48. The van der Waals surface area contributed by atoms with Crippen molar-refractivity contribution in [2.45, 2.75) is 25.6 Å². The average molecular weight is 290 g/mol. The molecule has 1 heteroatoms. The zero-order chi connectivity index (χ0) is 14.7. The molecule has 0 nitrogen and oxygen atoms in total. The van der Waals surface area contributed by atoms with Crippen molar-refractivity contribution < 1.29 is 0 Å². The van der Waals surface area contributed by atoms with Crippen LogP contribution in [0.3, 0.4) is 0 Å². The lowest BCUT2D eigenvalue weighted by Crippen LogP contribution is -2.41. The molecule has 21 heavy (non-hydrogen) atoms. The van der Waals surface area contributed by atoms with Gasteiger partial charge in [-0.25, -0.2) is 0 Å². The summed E-state index contributed by atoms with van der Waals surface area (Å²) in [5.74, 6) is 0. The lowest BCUT2D eigenvalue weighted by molar-refractivity contribution is 1.12. The van der Waals surface area contributed by atoms with Crippen molar-refractivity contribution in [3.05, 3.63) is 78.4 Å². The summed E-state index contributed by atoms with van der Waals surface area (Å²) >= 11 is 0. The Hall–Kier alpha value is -1.86. The van der Waals surface area contributed by atoms with Gasteiger partial charge in [0.05, 0.1) is 8.07 Å². The lowest BCUT2D eigenvalue weighted by Gasteiger charge is -2.23. The van der Waals surface area contributed by atoms with Gasteiger partial charge in [-0.2, -0.15) is 0 Å². The minimum Gasteiger partial charge on any atom is -0.0654 e. The summed E-state index contributed by atoms with van der Waals surface area (Å²) in [6.45, 7) is 4.96. The summed E-state index contributed by atoms with van der Waals surface area (Å²) in [6, 6.07) is 27.8. The summed E-state index contributed by atoms with van der Waals surface area (Å²) in [4.78, 5) is 0. The third-order valence-electron chi connectivity index (χ3n) is 4.45. The number of rotatable bonds is 4. The normalized spacial score (nSPS) is 11.7. The maximum Gasteiger partial charge on any atom is 0.0809 e. The van der Waals surface area contributed by atoms with Crippen LogP contribution in [-0.4, -0.2) is 8.07 Å². The Balaban J connectivity index is 1.84. The molecular formula is C20H22Si. The topological polar surface area (TPSA) is 0 Å². The zero-order valence-corrected chi connectivity index (χ0v) is 13.8. The third-order valence-corrected chi connectivity index (χ3v) is 7.85. The maximum absolute atomic E-state index is 2.48. The van der Waals surface area contributed by atoms with Gasteiger partial charge in [-0.3, -0.25) is 0 Å². The first-order valence-corrected chi connectivity index (χ1v) is 10.9. The van der Waals surface area contributed by atoms with Crippen molar-refractivity contribution in [2.24, 2.45) is 0 Å². The molecule has 3 rings (SSSR count). The molecule has 0 saturated heterocycles. The quantitative estimate of drug-likeness (QED) is 0.593. The second-order valence-electron chi connectivity index (χ2n) is 6.39. The van der Waals surface area contributed by atoms with E-state index in [0.717, 1.165) is 0 Å². The van der Waals surface area contributed by atoms with E-state index >= 15 is 0 Å². The lowest BCUT2D eigenvalue weighted by atomic mass is 10.0. The van der Waals surface area contributed by atoms with Crippen LogP contribution >= 0.6 is 0 Å². The van der Waals surface area contributed by atoms with Crippen LogP contribution < -0.4 is 5.19 Å². The second-order valence-corrected chi connectivity index (χ2v) is 11.2. The highest BCUT2D eigenvalue weighted by Gasteiger charge is 2.22.